The van der Waals surface area contributed by atoms with Crippen molar-refractivity contribution >= 4 is 23.3 Å². The number of rotatable bonds is 5. The lowest BCUT2D eigenvalue weighted by Crippen LogP contribution is -2.47. The van der Waals surface area contributed by atoms with Gasteiger partial charge < -0.3 is 20.3 Å². The number of pyridine rings is 1. The molecule has 174 valence electrons. The van der Waals surface area contributed by atoms with Crippen LogP contribution in [0.4, 0.5) is 10.6 Å². The van der Waals surface area contributed by atoms with Crippen molar-refractivity contribution in [3.8, 4) is 11.3 Å². The molecule has 3 aromatic rings. The van der Waals surface area contributed by atoms with Gasteiger partial charge in [-0.15, -0.1) is 0 Å². The van der Waals surface area contributed by atoms with Gasteiger partial charge in [-0.1, -0.05) is 6.07 Å². The molecule has 4 heterocycles. The first-order chi connectivity index (χ1) is 15.8. The maximum atomic E-state index is 12.6. The van der Waals surface area contributed by atoms with Crippen LogP contribution in [0.5, 0.6) is 0 Å². The zero-order valence-corrected chi connectivity index (χ0v) is 19.1. The molecule has 0 aliphatic carbocycles. The van der Waals surface area contributed by atoms with Crippen molar-refractivity contribution in [2.24, 2.45) is 0 Å². The van der Waals surface area contributed by atoms with Crippen molar-refractivity contribution in [2.45, 2.75) is 45.2 Å². The van der Waals surface area contributed by atoms with E-state index in [0.29, 0.717) is 18.9 Å². The number of nitrogens with zero attached hydrogens (tertiary/aromatic N) is 5. The number of piperidine rings is 1. The summed E-state index contributed by atoms with van der Waals surface area (Å²) in [5.41, 5.74) is 2.16. The summed E-state index contributed by atoms with van der Waals surface area (Å²) in [5.74, 6) is 0.430. The van der Waals surface area contributed by atoms with Gasteiger partial charge in [-0.2, -0.15) is 5.10 Å². The number of nitrogens with one attached hydrogen (secondary N) is 2. The Morgan fingerprint density at radius 1 is 1.21 bits per heavy atom. The molecule has 10 nitrogen and oxygen atoms in total. The standard InChI is InChI=1S/C23H29N7O3/c1-23(2,3)28-22(32)33-15-21(31)29-9-6-7-16(14-29)26-20-13-24-12-18(27-20)17-11-25-30-10-5-4-8-19(17)30/h4-5,8,10-13,16H,6-7,9,14-15H2,1-3H3,(H,26,27)(H,28,32)/t16-/m1/s1. The Labute approximate surface area is 192 Å². The molecule has 33 heavy (non-hydrogen) atoms. The van der Waals surface area contributed by atoms with Crippen LogP contribution >= 0.6 is 0 Å². The number of aromatic nitrogens is 4. The molecule has 0 aromatic carbocycles. The van der Waals surface area contributed by atoms with Crippen LogP contribution in [0.3, 0.4) is 0 Å². The third-order valence-electron chi connectivity index (χ3n) is 5.27. The van der Waals surface area contributed by atoms with Crippen LogP contribution in [0.2, 0.25) is 0 Å². The molecule has 10 heteroatoms. The minimum absolute atomic E-state index is 0.0274. The van der Waals surface area contributed by atoms with Crippen molar-refractivity contribution in [1.29, 1.82) is 0 Å². The SMILES string of the molecule is CC(C)(C)NC(=O)OCC(=O)N1CCC[C@@H](Nc2cncc(-c3cnn4ccccc34)n2)C1. The van der Waals surface area contributed by atoms with Gasteiger partial charge in [0, 0.05) is 36.4 Å². The number of anilines is 1. The number of alkyl carbamates (subject to hydrolysis) is 1. The van der Waals surface area contributed by atoms with Crippen LogP contribution in [0.15, 0.2) is 43.0 Å². The first-order valence-electron chi connectivity index (χ1n) is 11.0. The van der Waals surface area contributed by atoms with Crippen LogP contribution in [-0.2, 0) is 9.53 Å². The second kappa shape index (κ2) is 9.43. The van der Waals surface area contributed by atoms with E-state index in [-0.39, 0.29) is 18.6 Å². The first-order valence-corrected chi connectivity index (χ1v) is 11.0. The fourth-order valence-electron chi connectivity index (χ4n) is 3.79. The zero-order chi connectivity index (χ0) is 23.4. The molecule has 0 saturated carbocycles. The number of hydrogen-bond acceptors (Lipinski definition) is 7. The molecule has 1 aliphatic rings. The number of carbonyl (C=O) groups is 2. The summed E-state index contributed by atoms with van der Waals surface area (Å²) in [6, 6.07) is 5.89. The number of fused-ring (bicyclic) bond motifs is 1. The molecule has 0 radical (unpaired) electrons. The molecular formula is C23H29N7O3. The minimum atomic E-state index is -0.595. The molecule has 1 saturated heterocycles. The first kappa shape index (κ1) is 22.5. The number of hydrogen-bond donors (Lipinski definition) is 2. The Kier molecular flexibility index (Phi) is 6.43. The van der Waals surface area contributed by atoms with Crippen molar-refractivity contribution in [1.82, 2.24) is 29.8 Å². The van der Waals surface area contributed by atoms with Crippen molar-refractivity contribution in [2.75, 3.05) is 25.0 Å². The van der Waals surface area contributed by atoms with Gasteiger partial charge in [0.15, 0.2) is 6.61 Å². The Morgan fingerprint density at radius 2 is 2.06 bits per heavy atom. The second-order valence-electron chi connectivity index (χ2n) is 9.15. The summed E-state index contributed by atoms with van der Waals surface area (Å²) in [7, 11) is 0. The fourth-order valence-corrected chi connectivity index (χ4v) is 3.79. The number of ether oxygens (including phenoxy) is 1. The van der Waals surface area contributed by atoms with Gasteiger partial charge in [-0.05, 0) is 45.7 Å². The summed E-state index contributed by atoms with van der Waals surface area (Å²) in [6.07, 6.45) is 8.21. The highest BCUT2D eigenvalue weighted by Gasteiger charge is 2.25. The predicted molar refractivity (Wildman–Crippen MR) is 124 cm³/mol. The highest BCUT2D eigenvalue weighted by atomic mass is 16.6. The maximum absolute atomic E-state index is 12.6. The predicted octanol–water partition coefficient (Wildman–Crippen LogP) is 2.72. The summed E-state index contributed by atoms with van der Waals surface area (Å²) >= 11 is 0. The van der Waals surface area contributed by atoms with E-state index in [9.17, 15) is 9.59 Å². The Bertz CT molecular complexity index is 1140. The van der Waals surface area contributed by atoms with Gasteiger partial charge in [0.1, 0.15) is 5.82 Å². The quantitative estimate of drug-likeness (QED) is 0.613. The lowest BCUT2D eigenvalue weighted by atomic mass is 10.1. The average Bonchev–Trinajstić information content (AvgIpc) is 3.21. The summed E-state index contributed by atoms with van der Waals surface area (Å²) in [6.45, 7) is 6.42. The topological polar surface area (TPSA) is 114 Å². The average molecular weight is 452 g/mol. The van der Waals surface area contributed by atoms with Crippen LogP contribution in [-0.4, -0.2) is 67.8 Å². The van der Waals surface area contributed by atoms with E-state index in [1.165, 1.54) is 0 Å². The molecule has 3 aromatic heterocycles. The van der Waals surface area contributed by atoms with Crippen LogP contribution in [0, 0.1) is 0 Å². The molecule has 4 rings (SSSR count). The molecular weight excluding hydrogens is 422 g/mol. The molecule has 1 atom stereocenters. The number of amides is 2. The lowest BCUT2D eigenvalue weighted by molar-refractivity contribution is -0.135. The van der Waals surface area contributed by atoms with Gasteiger partial charge >= 0.3 is 6.09 Å². The van der Waals surface area contributed by atoms with Crippen LogP contribution in [0.25, 0.3) is 16.8 Å². The molecule has 0 unspecified atom stereocenters. The second-order valence-corrected chi connectivity index (χ2v) is 9.15. The van der Waals surface area contributed by atoms with E-state index in [1.54, 1.807) is 28.0 Å². The van der Waals surface area contributed by atoms with E-state index < -0.39 is 11.6 Å². The van der Waals surface area contributed by atoms with Crippen LogP contribution in [0.1, 0.15) is 33.6 Å². The van der Waals surface area contributed by atoms with Crippen molar-refractivity contribution in [3.63, 3.8) is 0 Å². The third kappa shape index (κ3) is 5.76. The van der Waals surface area contributed by atoms with E-state index in [1.807, 2.05) is 45.2 Å². The van der Waals surface area contributed by atoms with E-state index in [2.05, 4.69) is 20.7 Å². The Morgan fingerprint density at radius 3 is 2.88 bits per heavy atom. The van der Waals surface area contributed by atoms with Gasteiger partial charge in [0.2, 0.25) is 0 Å². The number of carbonyl (C=O) groups excluding carboxylic acids is 2. The van der Waals surface area contributed by atoms with E-state index >= 15 is 0 Å². The van der Waals surface area contributed by atoms with E-state index in [0.717, 1.165) is 29.6 Å². The number of likely N-dealkylation sites (tertiary alicyclic amines) is 1. The Hall–Kier alpha value is -3.69. The van der Waals surface area contributed by atoms with E-state index in [4.69, 9.17) is 9.72 Å². The molecule has 0 bridgehead atoms. The van der Waals surface area contributed by atoms with Crippen molar-refractivity contribution in [3.05, 3.63) is 43.0 Å². The fraction of sp³-hybridized carbons (Fsp3) is 0.435. The van der Waals surface area contributed by atoms with Gasteiger partial charge in [0.25, 0.3) is 5.91 Å². The molecule has 1 fully saturated rings. The zero-order valence-electron chi connectivity index (χ0n) is 19.1. The lowest BCUT2D eigenvalue weighted by Gasteiger charge is -2.33. The smallest absolute Gasteiger partial charge is 0.408 e. The summed E-state index contributed by atoms with van der Waals surface area (Å²) in [4.78, 5) is 35.2. The molecule has 0 spiro atoms. The van der Waals surface area contributed by atoms with Gasteiger partial charge in [-0.3, -0.25) is 9.78 Å². The highest BCUT2D eigenvalue weighted by Crippen LogP contribution is 2.23. The molecule has 2 N–H and O–H groups in total. The Balaban J connectivity index is 1.36. The highest BCUT2D eigenvalue weighted by molar-refractivity contribution is 5.80. The summed E-state index contributed by atoms with van der Waals surface area (Å²) < 4.78 is 6.88. The largest absolute Gasteiger partial charge is 0.439 e. The van der Waals surface area contributed by atoms with Crippen LogP contribution < -0.4 is 10.6 Å². The third-order valence-corrected chi connectivity index (χ3v) is 5.27. The monoisotopic (exact) mass is 451 g/mol. The molecule has 2 amide bonds. The van der Waals surface area contributed by atoms with Gasteiger partial charge in [0.05, 0.1) is 29.8 Å². The summed E-state index contributed by atoms with van der Waals surface area (Å²) in [5, 5.41) is 10.4. The molecule has 1 aliphatic heterocycles. The maximum Gasteiger partial charge on any atom is 0.408 e. The normalized spacial score (nSPS) is 16.5. The van der Waals surface area contributed by atoms with Crippen molar-refractivity contribution < 1.29 is 14.3 Å². The minimum Gasteiger partial charge on any atom is -0.439 e. The van der Waals surface area contributed by atoms with Gasteiger partial charge in [-0.25, -0.2) is 14.3 Å².